The maximum absolute atomic E-state index is 12.1. The lowest BCUT2D eigenvalue weighted by Gasteiger charge is -2.28. The van der Waals surface area contributed by atoms with Crippen molar-refractivity contribution >= 4 is 6.09 Å². The van der Waals surface area contributed by atoms with Gasteiger partial charge in [0.1, 0.15) is 11.4 Å². The molecule has 1 atom stereocenters. The Hall–Kier alpha value is -1.56. The molecule has 1 aliphatic heterocycles. The smallest absolute Gasteiger partial charge is 0.410 e. The molecule has 1 aromatic rings. The summed E-state index contributed by atoms with van der Waals surface area (Å²) in [6, 6.07) is 2.01. The summed E-state index contributed by atoms with van der Waals surface area (Å²) < 4.78 is 10.5. The molecule has 1 aromatic heterocycles. The summed E-state index contributed by atoms with van der Waals surface area (Å²) in [7, 11) is 0. The minimum absolute atomic E-state index is 0.188. The summed E-state index contributed by atoms with van der Waals surface area (Å²) in [5, 5.41) is 6.95. The number of nitrogens with one attached hydrogen (secondary N) is 1. The highest BCUT2D eigenvalue weighted by Gasteiger charge is 2.31. The van der Waals surface area contributed by atoms with Crippen LogP contribution >= 0.6 is 0 Å². The van der Waals surface area contributed by atoms with Crippen LogP contribution in [-0.4, -0.2) is 40.9 Å². The summed E-state index contributed by atoms with van der Waals surface area (Å²) in [5.41, 5.74) is -0.447. The van der Waals surface area contributed by atoms with Gasteiger partial charge in [0.2, 0.25) is 0 Å². The van der Waals surface area contributed by atoms with Crippen LogP contribution in [0.5, 0.6) is 0 Å². The van der Waals surface area contributed by atoms with Gasteiger partial charge in [-0.1, -0.05) is 5.16 Å². The van der Waals surface area contributed by atoms with Crippen LogP contribution in [0.1, 0.15) is 39.4 Å². The first-order valence-corrected chi connectivity index (χ1v) is 7.05. The van der Waals surface area contributed by atoms with Crippen LogP contribution < -0.4 is 5.32 Å². The zero-order valence-electron chi connectivity index (χ0n) is 12.4. The monoisotopic (exact) mass is 281 g/mol. The number of ether oxygens (including phenoxy) is 1. The number of nitrogens with zero attached hydrogens (tertiary/aromatic N) is 2. The van der Waals surface area contributed by atoms with Crippen molar-refractivity contribution < 1.29 is 14.1 Å². The molecular formula is C14H23N3O3. The second-order valence-corrected chi connectivity index (χ2v) is 6.08. The molecule has 0 bridgehead atoms. The van der Waals surface area contributed by atoms with Gasteiger partial charge in [-0.25, -0.2) is 4.79 Å². The second kappa shape index (κ2) is 6.26. The van der Waals surface area contributed by atoms with Gasteiger partial charge in [0, 0.05) is 25.2 Å². The maximum Gasteiger partial charge on any atom is 0.410 e. The molecule has 0 aliphatic carbocycles. The first-order valence-electron chi connectivity index (χ1n) is 7.05. The Bertz CT molecular complexity index is 425. The Morgan fingerprint density at radius 1 is 1.60 bits per heavy atom. The van der Waals surface area contributed by atoms with E-state index in [1.165, 1.54) is 0 Å². The summed E-state index contributed by atoms with van der Waals surface area (Å²) in [5.74, 6) is 0.798. The summed E-state index contributed by atoms with van der Waals surface area (Å²) in [6.07, 6.45) is 3.43. The lowest BCUT2D eigenvalue weighted by Crippen LogP contribution is -2.43. The third kappa shape index (κ3) is 4.23. The van der Waals surface area contributed by atoms with Crippen LogP contribution in [0.4, 0.5) is 4.79 Å². The van der Waals surface area contributed by atoms with Crippen molar-refractivity contribution in [2.24, 2.45) is 0 Å². The highest BCUT2D eigenvalue weighted by Crippen LogP contribution is 2.20. The molecule has 1 saturated heterocycles. The lowest BCUT2D eigenvalue weighted by atomic mass is 10.2. The zero-order valence-corrected chi connectivity index (χ0v) is 12.4. The number of carbonyl (C=O) groups is 1. The molecular weight excluding hydrogens is 258 g/mol. The van der Waals surface area contributed by atoms with Crippen LogP contribution in [0, 0.1) is 0 Å². The predicted molar refractivity (Wildman–Crippen MR) is 74.2 cm³/mol. The highest BCUT2D eigenvalue weighted by atomic mass is 16.6. The molecule has 0 spiro atoms. The van der Waals surface area contributed by atoms with Gasteiger partial charge < -0.3 is 19.5 Å². The largest absolute Gasteiger partial charge is 0.444 e. The number of likely N-dealkylation sites (tertiary alicyclic amines) is 1. The first kappa shape index (κ1) is 14.8. The molecule has 2 rings (SSSR count). The first-order chi connectivity index (χ1) is 9.46. The van der Waals surface area contributed by atoms with Gasteiger partial charge in [0.05, 0.1) is 12.7 Å². The van der Waals surface area contributed by atoms with Crippen molar-refractivity contribution in [1.29, 1.82) is 0 Å². The summed E-state index contributed by atoms with van der Waals surface area (Å²) in [4.78, 5) is 13.9. The number of carbonyl (C=O) groups excluding carboxylic acids is 1. The van der Waals surface area contributed by atoms with Crippen molar-refractivity contribution in [2.45, 2.75) is 51.8 Å². The molecule has 1 unspecified atom stereocenters. The van der Waals surface area contributed by atoms with Crippen molar-refractivity contribution in [1.82, 2.24) is 15.4 Å². The van der Waals surface area contributed by atoms with Gasteiger partial charge in [-0.3, -0.25) is 0 Å². The second-order valence-electron chi connectivity index (χ2n) is 6.08. The van der Waals surface area contributed by atoms with E-state index in [0.29, 0.717) is 6.54 Å². The molecule has 1 amide bonds. The number of hydrogen-bond donors (Lipinski definition) is 1. The summed E-state index contributed by atoms with van der Waals surface area (Å²) in [6.45, 7) is 7.79. The molecule has 0 saturated carbocycles. The zero-order chi connectivity index (χ0) is 14.6. The van der Waals surface area contributed by atoms with E-state index in [-0.39, 0.29) is 12.1 Å². The minimum atomic E-state index is -0.447. The van der Waals surface area contributed by atoms with Crippen LogP contribution in [-0.2, 0) is 11.3 Å². The molecule has 2 heterocycles. The molecule has 1 aliphatic rings. The standard InChI is InChI=1S/C14H23N3O3/c1-14(2,3)19-13(18)17-8-4-5-11(17)9-15-10-12-6-7-16-20-12/h6-7,11,15H,4-5,8-10H2,1-3H3. The van der Waals surface area contributed by atoms with Crippen molar-refractivity contribution in [2.75, 3.05) is 13.1 Å². The Kier molecular flexibility index (Phi) is 4.65. The quantitative estimate of drug-likeness (QED) is 0.916. The number of aromatic nitrogens is 1. The number of rotatable bonds is 4. The highest BCUT2D eigenvalue weighted by molar-refractivity contribution is 5.69. The van der Waals surface area contributed by atoms with E-state index in [1.54, 1.807) is 6.20 Å². The summed E-state index contributed by atoms with van der Waals surface area (Å²) >= 11 is 0. The molecule has 20 heavy (non-hydrogen) atoms. The fraction of sp³-hybridized carbons (Fsp3) is 0.714. The predicted octanol–water partition coefficient (Wildman–Crippen LogP) is 2.16. The Morgan fingerprint density at radius 2 is 2.40 bits per heavy atom. The van der Waals surface area contributed by atoms with Gasteiger partial charge in [-0.05, 0) is 33.6 Å². The van der Waals surface area contributed by atoms with Crippen LogP contribution in [0.3, 0.4) is 0 Å². The molecule has 6 nitrogen and oxygen atoms in total. The molecule has 0 aromatic carbocycles. The third-order valence-corrected chi connectivity index (χ3v) is 3.18. The molecule has 6 heteroatoms. The van der Waals surface area contributed by atoms with E-state index in [0.717, 1.165) is 31.7 Å². The Morgan fingerprint density at radius 3 is 3.05 bits per heavy atom. The normalized spacial score (nSPS) is 19.4. The fourth-order valence-electron chi connectivity index (χ4n) is 2.30. The number of hydrogen-bond acceptors (Lipinski definition) is 5. The fourth-order valence-corrected chi connectivity index (χ4v) is 2.30. The molecule has 112 valence electrons. The lowest BCUT2D eigenvalue weighted by molar-refractivity contribution is 0.0226. The van der Waals surface area contributed by atoms with Gasteiger partial charge in [-0.2, -0.15) is 0 Å². The SMILES string of the molecule is CC(C)(C)OC(=O)N1CCCC1CNCc1ccno1. The van der Waals surface area contributed by atoms with E-state index in [2.05, 4.69) is 10.5 Å². The van der Waals surface area contributed by atoms with Gasteiger partial charge >= 0.3 is 6.09 Å². The van der Waals surface area contributed by atoms with Gasteiger partial charge in [0.15, 0.2) is 0 Å². The Balaban J connectivity index is 1.79. The van der Waals surface area contributed by atoms with E-state index in [1.807, 2.05) is 31.7 Å². The number of amides is 1. The van der Waals surface area contributed by atoms with E-state index < -0.39 is 5.60 Å². The van der Waals surface area contributed by atoms with Crippen LogP contribution in [0.2, 0.25) is 0 Å². The topological polar surface area (TPSA) is 67.6 Å². The minimum Gasteiger partial charge on any atom is -0.444 e. The van der Waals surface area contributed by atoms with Crippen molar-refractivity contribution in [3.05, 3.63) is 18.0 Å². The molecule has 1 N–H and O–H groups in total. The third-order valence-electron chi connectivity index (χ3n) is 3.18. The van der Waals surface area contributed by atoms with E-state index in [4.69, 9.17) is 9.26 Å². The van der Waals surface area contributed by atoms with Gasteiger partial charge in [0.25, 0.3) is 0 Å². The molecule has 0 radical (unpaired) electrons. The van der Waals surface area contributed by atoms with Crippen LogP contribution in [0.25, 0.3) is 0 Å². The van der Waals surface area contributed by atoms with Gasteiger partial charge in [-0.15, -0.1) is 0 Å². The van der Waals surface area contributed by atoms with Crippen molar-refractivity contribution in [3.63, 3.8) is 0 Å². The average Bonchev–Trinajstić information content (AvgIpc) is 2.97. The van der Waals surface area contributed by atoms with E-state index >= 15 is 0 Å². The Labute approximate surface area is 119 Å². The van der Waals surface area contributed by atoms with Crippen LogP contribution in [0.15, 0.2) is 16.8 Å². The van der Waals surface area contributed by atoms with Crippen molar-refractivity contribution in [3.8, 4) is 0 Å². The molecule has 1 fully saturated rings. The average molecular weight is 281 g/mol. The maximum atomic E-state index is 12.1. The van der Waals surface area contributed by atoms with E-state index in [9.17, 15) is 4.79 Å².